The van der Waals surface area contributed by atoms with Crippen LogP contribution in [0.1, 0.15) is 28.9 Å². The van der Waals surface area contributed by atoms with Gasteiger partial charge >= 0.3 is 5.69 Å². The average molecular weight is 430 g/mol. The maximum Gasteiger partial charge on any atom is 0.337 e. The zero-order chi connectivity index (χ0) is 22.8. The van der Waals surface area contributed by atoms with Gasteiger partial charge in [-0.1, -0.05) is 30.3 Å². The maximum atomic E-state index is 12.9. The van der Waals surface area contributed by atoms with Gasteiger partial charge in [-0.05, 0) is 42.8 Å². The van der Waals surface area contributed by atoms with Gasteiger partial charge < -0.3 is 10.1 Å². The van der Waals surface area contributed by atoms with Crippen molar-refractivity contribution < 1.29 is 9.53 Å². The van der Waals surface area contributed by atoms with Gasteiger partial charge in [0.05, 0.1) is 29.8 Å². The van der Waals surface area contributed by atoms with Crippen LogP contribution in [0.15, 0.2) is 76.4 Å². The number of benzene rings is 2. The third-order valence-corrected chi connectivity index (χ3v) is 5.33. The Morgan fingerprint density at radius 1 is 1.06 bits per heavy atom. The van der Waals surface area contributed by atoms with Crippen LogP contribution in [0.3, 0.4) is 0 Å². The Morgan fingerprint density at radius 2 is 1.75 bits per heavy atom. The van der Waals surface area contributed by atoms with Crippen LogP contribution >= 0.6 is 0 Å². The number of carbonyl (C=O) groups excluding carboxylic acids is 1. The summed E-state index contributed by atoms with van der Waals surface area (Å²) in [6.45, 7) is 1.88. The van der Waals surface area contributed by atoms with Crippen LogP contribution in [0.4, 0.5) is 0 Å². The molecule has 0 aliphatic rings. The van der Waals surface area contributed by atoms with E-state index in [1.165, 1.54) is 23.9 Å². The number of methoxy groups -OCH3 is 1. The number of pyridine rings is 1. The number of carbonyl (C=O) groups is 1. The lowest BCUT2D eigenvalue weighted by Gasteiger charge is -2.15. The lowest BCUT2D eigenvalue weighted by molar-refractivity contribution is 0.0939. The van der Waals surface area contributed by atoms with Gasteiger partial charge in [0.15, 0.2) is 5.65 Å². The van der Waals surface area contributed by atoms with Crippen LogP contribution in [-0.2, 0) is 7.05 Å². The molecule has 8 heteroatoms. The Labute approximate surface area is 183 Å². The zero-order valence-corrected chi connectivity index (χ0v) is 17.9. The first kappa shape index (κ1) is 21.0. The van der Waals surface area contributed by atoms with Gasteiger partial charge in [-0.15, -0.1) is 0 Å². The Kier molecular flexibility index (Phi) is 5.59. The largest absolute Gasteiger partial charge is 0.497 e. The highest BCUT2D eigenvalue weighted by molar-refractivity contribution is 5.97. The predicted octanol–water partition coefficient (Wildman–Crippen LogP) is 2.58. The first-order valence-corrected chi connectivity index (χ1v) is 10.0. The van der Waals surface area contributed by atoms with E-state index in [1.54, 1.807) is 31.4 Å². The Hall–Kier alpha value is -4.20. The number of rotatable bonds is 5. The third kappa shape index (κ3) is 3.78. The third-order valence-electron chi connectivity index (χ3n) is 5.33. The summed E-state index contributed by atoms with van der Waals surface area (Å²) in [7, 11) is 2.95. The van der Waals surface area contributed by atoms with Gasteiger partial charge in [0.25, 0.3) is 11.5 Å². The van der Waals surface area contributed by atoms with E-state index >= 15 is 0 Å². The van der Waals surface area contributed by atoms with Crippen LogP contribution in [0, 0.1) is 0 Å². The zero-order valence-electron chi connectivity index (χ0n) is 17.9. The van der Waals surface area contributed by atoms with Crippen molar-refractivity contribution in [3.05, 3.63) is 98.8 Å². The quantitative estimate of drug-likeness (QED) is 0.525. The molecule has 32 heavy (non-hydrogen) atoms. The molecule has 2 heterocycles. The second kappa shape index (κ2) is 8.50. The average Bonchev–Trinajstić information content (AvgIpc) is 2.83. The minimum Gasteiger partial charge on any atom is -0.497 e. The van der Waals surface area contributed by atoms with Crippen molar-refractivity contribution in [2.75, 3.05) is 7.11 Å². The summed E-state index contributed by atoms with van der Waals surface area (Å²) in [5.41, 5.74) is 0.842. The van der Waals surface area contributed by atoms with E-state index < -0.39 is 11.2 Å². The number of aromatic nitrogens is 3. The lowest BCUT2D eigenvalue weighted by atomic mass is 10.1. The Morgan fingerprint density at radius 3 is 2.41 bits per heavy atom. The second-order valence-corrected chi connectivity index (χ2v) is 7.38. The van der Waals surface area contributed by atoms with Crippen molar-refractivity contribution in [1.29, 1.82) is 0 Å². The molecule has 0 bridgehead atoms. The van der Waals surface area contributed by atoms with Gasteiger partial charge in [0.2, 0.25) is 0 Å². The van der Waals surface area contributed by atoms with E-state index in [1.807, 2.05) is 37.3 Å². The second-order valence-electron chi connectivity index (χ2n) is 7.38. The first-order valence-electron chi connectivity index (χ1n) is 10.0. The molecular formula is C24H22N4O4. The minimum atomic E-state index is -0.532. The maximum absolute atomic E-state index is 12.9. The summed E-state index contributed by atoms with van der Waals surface area (Å²) >= 11 is 0. The topological polar surface area (TPSA) is 95.2 Å². The van der Waals surface area contributed by atoms with E-state index in [0.717, 1.165) is 10.1 Å². The highest BCUT2D eigenvalue weighted by Gasteiger charge is 2.17. The Balaban J connectivity index is 1.78. The normalized spacial score (nSPS) is 11.8. The van der Waals surface area contributed by atoms with Crippen molar-refractivity contribution in [2.24, 2.45) is 7.05 Å². The SMILES string of the molecule is COc1ccc(-n2c(=O)n(C)c(=O)c3cc(C(=O)NC(C)c4ccccc4)cnc32)cc1. The van der Waals surface area contributed by atoms with E-state index in [9.17, 15) is 14.4 Å². The van der Waals surface area contributed by atoms with Gasteiger partial charge in [-0.25, -0.2) is 14.3 Å². The number of nitrogens with one attached hydrogen (secondary N) is 1. The van der Waals surface area contributed by atoms with Gasteiger partial charge in [0.1, 0.15) is 5.75 Å². The van der Waals surface area contributed by atoms with Crippen molar-refractivity contribution in [2.45, 2.75) is 13.0 Å². The summed E-state index contributed by atoms with van der Waals surface area (Å²) in [6.07, 6.45) is 1.37. The van der Waals surface area contributed by atoms with E-state index in [4.69, 9.17) is 4.74 Å². The van der Waals surface area contributed by atoms with Gasteiger partial charge in [-0.2, -0.15) is 0 Å². The monoisotopic (exact) mass is 430 g/mol. The Bertz CT molecular complexity index is 1410. The summed E-state index contributed by atoms with van der Waals surface area (Å²) < 4.78 is 7.51. The molecule has 0 saturated heterocycles. The van der Waals surface area contributed by atoms with Crippen LogP contribution in [0.5, 0.6) is 5.75 Å². The van der Waals surface area contributed by atoms with E-state index in [-0.39, 0.29) is 28.5 Å². The molecule has 162 valence electrons. The van der Waals surface area contributed by atoms with E-state index in [2.05, 4.69) is 10.3 Å². The molecule has 8 nitrogen and oxygen atoms in total. The molecular weight excluding hydrogens is 408 g/mol. The molecule has 0 fully saturated rings. The first-order chi connectivity index (χ1) is 15.4. The molecule has 4 rings (SSSR count). The fourth-order valence-electron chi connectivity index (χ4n) is 3.49. The van der Waals surface area contributed by atoms with Crippen LogP contribution in [0.2, 0.25) is 0 Å². The fraction of sp³-hybridized carbons (Fsp3) is 0.167. The van der Waals surface area contributed by atoms with Crippen LogP contribution in [0.25, 0.3) is 16.7 Å². The van der Waals surface area contributed by atoms with Crippen LogP contribution in [-0.4, -0.2) is 27.1 Å². The molecule has 2 aromatic carbocycles. The predicted molar refractivity (Wildman–Crippen MR) is 121 cm³/mol. The minimum absolute atomic E-state index is 0.169. The summed E-state index contributed by atoms with van der Waals surface area (Å²) in [6, 6.07) is 17.6. The van der Waals surface area contributed by atoms with E-state index in [0.29, 0.717) is 11.4 Å². The number of nitrogens with zero attached hydrogens (tertiary/aromatic N) is 3. The molecule has 1 unspecified atom stereocenters. The van der Waals surface area contributed by atoms with Crippen LogP contribution < -0.4 is 21.3 Å². The molecule has 0 aliphatic carbocycles. The number of amides is 1. The highest BCUT2D eigenvalue weighted by Crippen LogP contribution is 2.18. The standard InChI is InChI=1S/C24H22N4O4/c1-15(16-7-5-4-6-8-16)26-22(29)17-13-20-21(25-14-17)28(24(31)27(2)23(20)30)18-9-11-19(32-3)12-10-18/h4-15H,1-3H3,(H,26,29). The van der Waals surface area contributed by atoms with Crippen molar-refractivity contribution in [3.8, 4) is 11.4 Å². The summed E-state index contributed by atoms with van der Waals surface area (Å²) in [4.78, 5) is 42.8. The highest BCUT2D eigenvalue weighted by atomic mass is 16.5. The molecule has 0 aliphatic heterocycles. The molecule has 4 aromatic rings. The molecule has 1 N–H and O–H groups in total. The molecule has 0 saturated carbocycles. The van der Waals surface area contributed by atoms with Gasteiger partial charge in [0, 0.05) is 13.2 Å². The lowest BCUT2D eigenvalue weighted by Crippen LogP contribution is -2.38. The fourth-order valence-corrected chi connectivity index (χ4v) is 3.49. The number of hydrogen-bond acceptors (Lipinski definition) is 5. The number of hydrogen-bond donors (Lipinski definition) is 1. The molecule has 0 radical (unpaired) electrons. The molecule has 2 aromatic heterocycles. The summed E-state index contributed by atoms with van der Waals surface area (Å²) in [5.74, 6) is 0.274. The van der Waals surface area contributed by atoms with Crippen molar-refractivity contribution in [1.82, 2.24) is 19.4 Å². The molecule has 1 amide bonds. The van der Waals surface area contributed by atoms with Crippen molar-refractivity contribution >= 4 is 16.9 Å². The van der Waals surface area contributed by atoms with Gasteiger partial charge in [-0.3, -0.25) is 14.2 Å². The smallest absolute Gasteiger partial charge is 0.337 e. The number of fused-ring (bicyclic) bond motifs is 1. The van der Waals surface area contributed by atoms with Crippen molar-refractivity contribution in [3.63, 3.8) is 0 Å². The molecule has 1 atom stereocenters. The number of ether oxygens (including phenoxy) is 1. The summed E-state index contributed by atoms with van der Waals surface area (Å²) in [5, 5.41) is 3.08. The molecule has 0 spiro atoms.